The molecule has 0 saturated carbocycles. The van der Waals surface area contributed by atoms with Crippen LogP contribution in [0.4, 0.5) is 4.39 Å². The van der Waals surface area contributed by atoms with Crippen LogP contribution in [0.3, 0.4) is 0 Å². The van der Waals surface area contributed by atoms with E-state index in [4.69, 9.17) is 16.9 Å². The van der Waals surface area contributed by atoms with Crippen molar-refractivity contribution in [2.24, 2.45) is 7.05 Å². The van der Waals surface area contributed by atoms with Crippen molar-refractivity contribution in [3.63, 3.8) is 0 Å². The highest BCUT2D eigenvalue weighted by Crippen LogP contribution is 2.31. The molecular weight excluding hydrogens is 255 g/mol. The molecule has 90 valence electrons. The molecule has 2 aromatic rings. The van der Waals surface area contributed by atoms with E-state index >= 15 is 0 Å². The fraction of sp³-hybridized carbons (Fsp3) is 0.0769. The molecular formula is C13H8ClFN2O. The van der Waals surface area contributed by atoms with Crippen LogP contribution >= 0.6 is 11.6 Å². The van der Waals surface area contributed by atoms with E-state index in [1.54, 1.807) is 6.07 Å². The molecule has 1 aromatic carbocycles. The van der Waals surface area contributed by atoms with Crippen LogP contribution < -0.4 is 5.56 Å². The summed E-state index contributed by atoms with van der Waals surface area (Å²) in [5.74, 6) is -0.563. The van der Waals surface area contributed by atoms with Gasteiger partial charge in [-0.05, 0) is 18.2 Å². The fourth-order valence-corrected chi connectivity index (χ4v) is 1.97. The lowest BCUT2D eigenvalue weighted by Gasteiger charge is -2.08. The first-order valence-electron chi connectivity index (χ1n) is 5.10. The minimum Gasteiger partial charge on any atom is -0.317 e. The second-order valence-corrected chi connectivity index (χ2v) is 4.14. The normalized spacial score (nSPS) is 10.1. The van der Waals surface area contributed by atoms with E-state index in [2.05, 4.69) is 0 Å². The van der Waals surface area contributed by atoms with Crippen LogP contribution in [0.2, 0.25) is 5.02 Å². The maximum atomic E-state index is 13.8. The number of benzene rings is 1. The minimum atomic E-state index is -0.563. The Morgan fingerprint density at radius 1 is 1.39 bits per heavy atom. The molecule has 1 heterocycles. The monoisotopic (exact) mass is 262 g/mol. The molecule has 0 N–H and O–H groups in total. The van der Waals surface area contributed by atoms with E-state index in [1.165, 1.54) is 42.1 Å². The fourth-order valence-electron chi connectivity index (χ4n) is 1.70. The van der Waals surface area contributed by atoms with Gasteiger partial charge in [0.15, 0.2) is 0 Å². The molecule has 18 heavy (non-hydrogen) atoms. The summed E-state index contributed by atoms with van der Waals surface area (Å²) in [7, 11) is 1.52. The largest absolute Gasteiger partial charge is 0.317 e. The molecule has 0 unspecified atom stereocenters. The highest BCUT2D eigenvalue weighted by atomic mass is 35.5. The smallest absolute Gasteiger partial charge is 0.268 e. The van der Waals surface area contributed by atoms with Gasteiger partial charge in [0.1, 0.15) is 17.4 Å². The second kappa shape index (κ2) is 4.63. The van der Waals surface area contributed by atoms with Gasteiger partial charge in [-0.2, -0.15) is 5.26 Å². The second-order valence-electron chi connectivity index (χ2n) is 3.73. The molecule has 0 spiro atoms. The summed E-state index contributed by atoms with van der Waals surface area (Å²) in [5, 5.41) is 9.20. The van der Waals surface area contributed by atoms with Crippen LogP contribution in [0.25, 0.3) is 11.1 Å². The van der Waals surface area contributed by atoms with E-state index in [1.807, 2.05) is 0 Å². The molecule has 2 rings (SSSR count). The third kappa shape index (κ3) is 1.89. The van der Waals surface area contributed by atoms with Crippen LogP contribution in [0.15, 0.2) is 35.3 Å². The summed E-state index contributed by atoms with van der Waals surface area (Å²) in [6.07, 6.45) is 1.47. The summed E-state index contributed by atoms with van der Waals surface area (Å²) in [6.45, 7) is 0. The molecule has 0 atom stereocenters. The Kier molecular flexibility index (Phi) is 3.17. The van der Waals surface area contributed by atoms with Gasteiger partial charge < -0.3 is 4.57 Å². The summed E-state index contributed by atoms with van der Waals surface area (Å²) >= 11 is 5.93. The number of rotatable bonds is 1. The van der Waals surface area contributed by atoms with Crippen LogP contribution in [-0.2, 0) is 7.05 Å². The maximum Gasteiger partial charge on any atom is 0.268 e. The van der Waals surface area contributed by atoms with E-state index in [0.717, 1.165) is 0 Å². The van der Waals surface area contributed by atoms with E-state index in [-0.39, 0.29) is 21.7 Å². The predicted molar refractivity (Wildman–Crippen MR) is 66.8 cm³/mol. The Morgan fingerprint density at radius 3 is 2.72 bits per heavy atom. The number of hydrogen-bond donors (Lipinski definition) is 0. The van der Waals surface area contributed by atoms with Gasteiger partial charge in [0.25, 0.3) is 5.56 Å². The topological polar surface area (TPSA) is 45.8 Å². The molecule has 0 bridgehead atoms. The Labute approximate surface area is 108 Å². The zero-order valence-corrected chi connectivity index (χ0v) is 10.2. The Hall–Kier alpha value is -2.12. The molecule has 0 fully saturated rings. The molecule has 0 radical (unpaired) electrons. The number of halogens is 2. The SMILES string of the molecule is Cn1ccc(-c2c(F)cccc2Cl)c(C#N)c1=O. The molecule has 0 aliphatic carbocycles. The van der Waals surface area contributed by atoms with Gasteiger partial charge in [0.2, 0.25) is 0 Å². The van der Waals surface area contributed by atoms with Gasteiger partial charge in [-0.1, -0.05) is 17.7 Å². The third-order valence-electron chi connectivity index (χ3n) is 2.61. The molecule has 0 amide bonds. The molecule has 0 aliphatic heterocycles. The van der Waals surface area contributed by atoms with Crippen molar-refractivity contribution in [2.45, 2.75) is 0 Å². The lowest BCUT2D eigenvalue weighted by molar-refractivity contribution is 0.631. The quantitative estimate of drug-likeness (QED) is 0.793. The summed E-state index contributed by atoms with van der Waals surface area (Å²) in [6, 6.07) is 7.52. The average Bonchev–Trinajstić information content (AvgIpc) is 2.33. The van der Waals surface area contributed by atoms with Gasteiger partial charge >= 0.3 is 0 Å². The summed E-state index contributed by atoms with van der Waals surface area (Å²) in [4.78, 5) is 11.8. The van der Waals surface area contributed by atoms with Crippen molar-refractivity contribution in [3.05, 3.63) is 57.2 Å². The molecule has 1 aromatic heterocycles. The minimum absolute atomic E-state index is 0.0772. The highest BCUT2D eigenvalue weighted by Gasteiger charge is 2.16. The third-order valence-corrected chi connectivity index (χ3v) is 2.93. The van der Waals surface area contributed by atoms with Gasteiger partial charge in [-0.25, -0.2) is 4.39 Å². The van der Waals surface area contributed by atoms with Crippen molar-refractivity contribution >= 4 is 11.6 Å². The zero-order valence-electron chi connectivity index (χ0n) is 9.45. The lowest BCUT2D eigenvalue weighted by Crippen LogP contribution is -2.19. The van der Waals surface area contributed by atoms with E-state index in [9.17, 15) is 9.18 Å². The lowest BCUT2D eigenvalue weighted by atomic mass is 10.0. The molecule has 3 nitrogen and oxygen atoms in total. The van der Waals surface area contributed by atoms with Crippen molar-refractivity contribution in [3.8, 4) is 17.2 Å². The molecule has 0 saturated heterocycles. The van der Waals surface area contributed by atoms with Gasteiger partial charge in [0, 0.05) is 24.4 Å². The van der Waals surface area contributed by atoms with Crippen LogP contribution in [0, 0.1) is 17.1 Å². The van der Waals surface area contributed by atoms with Crippen molar-refractivity contribution in [2.75, 3.05) is 0 Å². The van der Waals surface area contributed by atoms with Crippen LogP contribution in [0.1, 0.15) is 5.56 Å². The number of nitriles is 1. The first kappa shape index (κ1) is 12.3. The summed E-state index contributed by atoms with van der Waals surface area (Å²) in [5.41, 5.74) is -0.307. The predicted octanol–water partition coefficient (Wildman–Crippen LogP) is 2.72. The summed E-state index contributed by atoms with van der Waals surface area (Å²) < 4.78 is 15.0. The first-order valence-corrected chi connectivity index (χ1v) is 5.48. The van der Waals surface area contributed by atoms with Gasteiger partial charge in [-0.15, -0.1) is 0 Å². The number of hydrogen-bond acceptors (Lipinski definition) is 2. The van der Waals surface area contributed by atoms with Gasteiger partial charge in [0.05, 0.1) is 5.02 Å². The zero-order chi connectivity index (χ0) is 13.3. The van der Waals surface area contributed by atoms with Crippen LogP contribution in [0.5, 0.6) is 0 Å². The standard InChI is InChI=1S/C13H8ClFN2O/c1-17-6-5-8(9(7-16)13(17)18)12-10(14)3-2-4-11(12)15/h2-6H,1H3. The molecule has 5 heteroatoms. The Morgan fingerprint density at radius 2 is 2.11 bits per heavy atom. The van der Waals surface area contributed by atoms with Gasteiger partial charge in [-0.3, -0.25) is 4.79 Å². The Balaban J connectivity index is 2.86. The number of pyridine rings is 1. The van der Waals surface area contributed by atoms with Crippen LogP contribution in [-0.4, -0.2) is 4.57 Å². The molecule has 0 aliphatic rings. The average molecular weight is 263 g/mol. The van der Waals surface area contributed by atoms with Crippen molar-refractivity contribution in [1.29, 1.82) is 5.26 Å². The van der Waals surface area contributed by atoms with E-state index < -0.39 is 11.4 Å². The number of aryl methyl sites for hydroxylation is 1. The number of aromatic nitrogens is 1. The van der Waals surface area contributed by atoms with E-state index in [0.29, 0.717) is 0 Å². The maximum absolute atomic E-state index is 13.8. The highest BCUT2D eigenvalue weighted by molar-refractivity contribution is 6.33. The number of nitrogens with zero attached hydrogens (tertiary/aromatic N) is 2. The van der Waals surface area contributed by atoms with Crippen molar-refractivity contribution < 1.29 is 4.39 Å². The van der Waals surface area contributed by atoms with Crippen molar-refractivity contribution in [1.82, 2.24) is 4.57 Å². The Bertz CT molecular complexity index is 696. The first-order chi connectivity index (χ1) is 8.56.